The molecule has 0 saturated carbocycles. The van der Waals surface area contributed by atoms with Crippen LogP contribution in [0.25, 0.3) is 0 Å². The summed E-state index contributed by atoms with van der Waals surface area (Å²) in [5, 5.41) is 0. The summed E-state index contributed by atoms with van der Waals surface area (Å²) in [6.07, 6.45) is 9.30. The van der Waals surface area contributed by atoms with Crippen molar-refractivity contribution in [2.24, 2.45) is 0 Å². The highest BCUT2D eigenvalue weighted by molar-refractivity contribution is 4.94. The van der Waals surface area contributed by atoms with Gasteiger partial charge in [-0.2, -0.15) is 0 Å². The van der Waals surface area contributed by atoms with Gasteiger partial charge in [0, 0.05) is 0 Å². The molecule has 0 heterocycles. The van der Waals surface area contributed by atoms with Gasteiger partial charge in [-0.25, -0.2) is 0 Å². The Morgan fingerprint density at radius 3 is 2.10 bits per heavy atom. The second-order valence-electron chi connectivity index (χ2n) is 2.17. The lowest BCUT2D eigenvalue weighted by molar-refractivity contribution is 0.903. The molecule has 0 aliphatic heterocycles. The molecule has 0 radical (unpaired) electrons. The molecule has 0 aromatic rings. The van der Waals surface area contributed by atoms with E-state index in [0.29, 0.717) is 0 Å². The summed E-state index contributed by atoms with van der Waals surface area (Å²) in [5.74, 6) is 2.25. The van der Waals surface area contributed by atoms with E-state index in [1.807, 2.05) is 0 Å². The van der Waals surface area contributed by atoms with Crippen molar-refractivity contribution in [1.29, 1.82) is 0 Å². The van der Waals surface area contributed by atoms with Crippen LogP contribution in [0.2, 0.25) is 0 Å². The summed E-state index contributed by atoms with van der Waals surface area (Å²) >= 11 is 0. The predicted octanol–water partition coefficient (Wildman–Crippen LogP) is 3.39. The van der Waals surface area contributed by atoms with Crippen molar-refractivity contribution in [2.75, 3.05) is 0 Å². The molecule has 10 heavy (non-hydrogen) atoms. The molecule has 0 heteroatoms. The Hall–Kier alpha value is -0.700. The molecule has 0 N–H and O–H groups in total. The van der Waals surface area contributed by atoms with Gasteiger partial charge in [-0.1, -0.05) is 25.0 Å². The van der Waals surface area contributed by atoms with E-state index in [9.17, 15) is 0 Å². The summed E-state index contributed by atoms with van der Waals surface area (Å²) in [6, 6.07) is 0. The molecular weight excluding hydrogens is 120 g/mol. The third-order valence-electron chi connectivity index (χ3n) is 1.14. The van der Waals surface area contributed by atoms with E-state index in [1.54, 1.807) is 6.92 Å². The van der Waals surface area contributed by atoms with Crippen molar-refractivity contribution in [2.45, 2.75) is 40.5 Å². The second kappa shape index (κ2) is 11.1. The van der Waals surface area contributed by atoms with Crippen molar-refractivity contribution in [3.05, 3.63) is 11.6 Å². The van der Waals surface area contributed by atoms with Crippen molar-refractivity contribution in [3.63, 3.8) is 0 Å². The Balaban J connectivity index is 0. The molecule has 0 rings (SSSR count). The van der Waals surface area contributed by atoms with Gasteiger partial charge in [-0.15, -0.1) is 12.3 Å². The number of hydrogen-bond donors (Lipinski definition) is 0. The molecule has 0 nitrogen and oxygen atoms in total. The average Bonchev–Trinajstić information content (AvgIpc) is 1.90. The lowest BCUT2D eigenvalue weighted by Gasteiger charge is -1.91. The van der Waals surface area contributed by atoms with Crippen LogP contribution in [0.1, 0.15) is 40.5 Å². The van der Waals surface area contributed by atoms with Crippen LogP contribution in [-0.4, -0.2) is 0 Å². The fourth-order valence-electron chi connectivity index (χ4n) is 0.539. The number of rotatable bonds is 2. The number of terminal acetylenes is 1. The fourth-order valence-corrected chi connectivity index (χ4v) is 0.539. The fraction of sp³-hybridized carbons (Fsp3) is 0.600. The average molecular weight is 138 g/mol. The Kier molecular flexibility index (Phi) is 13.4. The van der Waals surface area contributed by atoms with Gasteiger partial charge >= 0.3 is 0 Å². The van der Waals surface area contributed by atoms with Gasteiger partial charge in [0.1, 0.15) is 0 Å². The molecule has 0 unspecified atom stereocenters. The quantitative estimate of drug-likeness (QED) is 0.405. The van der Waals surface area contributed by atoms with Crippen LogP contribution in [0.3, 0.4) is 0 Å². The van der Waals surface area contributed by atoms with Crippen LogP contribution in [0, 0.1) is 12.3 Å². The highest BCUT2D eigenvalue weighted by atomic mass is 13.9. The molecule has 0 fully saturated rings. The SMILES string of the molecule is C#CC.C/C=C(/C)CCC. The molecule has 0 saturated heterocycles. The Bertz CT molecular complexity index is 112. The van der Waals surface area contributed by atoms with Crippen molar-refractivity contribution >= 4 is 0 Å². The molecule has 0 aliphatic carbocycles. The van der Waals surface area contributed by atoms with Gasteiger partial charge < -0.3 is 0 Å². The third-order valence-corrected chi connectivity index (χ3v) is 1.14. The summed E-state index contributed by atoms with van der Waals surface area (Å²) in [6.45, 7) is 8.11. The number of hydrogen-bond acceptors (Lipinski definition) is 0. The molecular formula is C10H18. The largest absolute Gasteiger partial charge is 0.120 e. The maximum Gasteiger partial charge on any atom is -0.00297 e. The smallest absolute Gasteiger partial charge is 0.00297 e. The monoisotopic (exact) mass is 138 g/mol. The molecule has 0 amide bonds. The number of allylic oxidation sites excluding steroid dienone is 2. The minimum Gasteiger partial charge on any atom is -0.120 e. The van der Waals surface area contributed by atoms with Crippen LogP contribution in [-0.2, 0) is 0 Å². The molecule has 0 aliphatic rings. The van der Waals surface area contributed by atoms with Crippen LogP contribution < -0.4 is 0 Å². The first-order valence-electron chi connectivity index (χ1n) is 3.72. The molecule has 0 aromatic heterocycles. The lowest BCUT2D eigenvalue weighted by atomic mass is 10.2. The Labute approximate surface area is 65.3 Å². The zero-order valence-electron chi connectivity index (χ0n) is 7.57. The minimum atomic E-state index is 1.26. The van der Waals surface area contributed by atoms with Crippen LogP contribution in [0.4, 0.5) is 0 Å². The highest BCUT2D eigenvalue weighted by Gasteiger charge is 1.79. The van der Waals surface area contributed by atoms with Crippen LogP contribution in [0.15, 0.2) is 11.6 Å². The Morgan fingerprint density at radius 2 is 2.00 bits per heavy atom. The predicted molar refractivity (Wildman–Crippen MR) is 48.8 cm³/mol. The minimum absolute atomic E-state index is 1.26. The van der Waals surface area contributed by atoms with E-state index >= 15 is 0 Å². The van der Waals surface area contributed by atoms with E-state index in [0.717, 1.165) is 0 Å². The summed E-state index contributed by atoms with van der Waals surface area (Å²) in [7, 11) is 0. The van der Waals surface area contributed by atoms with E-state index < -0.39 is 0 Å². The zero-order valence-corrected chi connectivity index (χ0v) is 7.57. The summed E-state index contributed by atoms with van der Waals surface area (Å²) < 4.78 is 0. The standard InChI is InChI=1S/C7H14.C3H4/c1-4-6-7(3)5-2;1-3-2/h5H,4,6H2,1-3H3;1H,2H3/b7-5-;. The lowest BCUT2D eigenvalue weighted by Crippen LogP contribution is -1.70. The maximum atomic E-state index is 4.60. The topological polar surface area (TPSA) is 0 Å². The molecule has 58 valence electrons. The van der Waals surface area contributed by atoms with Gasteiger partial charge in [0.25, 0.3) is 0 Å². The highest BCUT2D eigenvalue weighted by Crippen LogP contribution is 2.00. The Morgan fingerprint density at radius 1 is 1.60 bits per heavy atom. The van der Waals surface area contributed by atoms with Gasteiger partial charge in [-0.05, 0) is 27.2 Å². The van der Waals surface area contributed by atoms with E-state index in [1.165, 1.54) is 18.4 Å². The third kappa shape index (κ3) is 15.7. The van der Waals surface area contributed by atoms with Crippen LogP contribution in [0.5, 0.6) is 0 Å². The molecule has 0 spiro atoms. The zero-order chi connectivity index (χ0) is 8.41. The second-order valence-corrected chi connectivity index (χ2v) is 2.17. The van der Waals surface area contributed by atoms with E-state index in [4.69, 9.17) is 0 Å². The van der Waals surface area contributed by atoms with Gasteiger partial charge in [0.2, 0.25) is 0 Å². The van der Waals surface area contributed by atoms with Crippen molar-refractivity contribution in [3.8, 4) is 12.3 Å². The summed E-state index contributed by atoms with van der Waals surface area (Å²) in [5.41, 5.74) is 1.50. The summed E-state index contributed by atoms with van der Waals surface area (Å²) in [4.78, 5) is 0. The normalized spacial score (nSPS) is 9.30. The van der Waals surface area contributed by atoms with Gasteiger partial charge in [0.15, 0.2) is 0 Å². The maximum absolute atomic E-state index is 4.60. The van der Waals surface area contributed by atoms with Crippen molar-refractivity contribution in [1.82, 2.24) is 0 Å². The first-order valence-corrected chi connectivity index (χ1v) is 3.72. The van der Waals surface area contributed by atoms with Crippen molar-refractivity contribution < 1.29 is 0 Å². The van der Waals surface area contributed by atoms with Crippen LogP contribution >= 0.6 is 0 Å². The van der Waals surface area contributed by atoms with E-state index in [2.05, 4.69) is 39.2 Å². The van der Waals surface area contributed by atoms with Gasteiger partial charge in [0.05, 0.1) is 0 Å². The first-order chi connectivity index (χ1) is 4.72. The first kappa shape index (κ1) is 12.0. The molecule has 0 aromatic carbocycles. The van der Waals surface area contributed by atoms with E-state index in [-0.39, 0.29) is 0 Å². The molecule has 0 atom stereocenters. The van der Waals surface area contributed by atoms with Gasteiger partial charge in [-0.3, -0.25) is 0 Å². The molecule has 0 bridgehead atoms.